The number of aromatic nitrogens is 2. The van der Waals surface area contributed by atoms with Gasteiger partial charge in [-0.1, -0.05) is 18.0 Å². The summed E-state index contributed by atoms with van der Waals surface area (Å²) in [4.78, 5) is 4.71. The Bertz CT molecular complexity index is 897. The van der Waals surface area contributed by atoms with Gasteiger partial charge in [0.2, 0.25) is 10.0 Å². The molecule has 1 aliphatic carbocycles. The van der Waals surface area contributed by atoms with Crippen LogP contribution in [0.25, 0.3) is 11.5 Å². The van der Waals surface area contributed by atoms with Gasteiger partial charge in [-0.3, -0.25) is 0 Å². The Labute approximate surface area is 148 Å². The molecule has 0 atom stereocenters. The molecule has 1 saturated carbocycles. The first-order valence-corrected chi connectivity index (χ1v) is 9.76. The van der Waals surface area contributed by atoms with E-state index >= 15 is 0 Å². The SMILES string of the molecule is Cc1cc(-c2nc(C3(N)CCCC3)no2)cc(S(=O)(=O)N(C)C)c1C. The predicted octanol–water partition coefficient (Wildman–Crippen LogP) is 2.33. The van der Waals surface area contributed by atoms with Gasteiger partial charge in [0, 0.05) is 19.7 Å². The Morgan fingerprint density at radius 3 is 2.44 bits per heavy atom. The second-order valence-corrected chi connectivity index (χ2v) is 9.11. The summed E-state index contributed by atoms with van der Waals surface area (Å²) in [6.45, 7) is 3.66. The van der Waals surface area contributed by atoms with E-state index in [1.54, 1.807) is 13.0 Å². The standard InChI is InChI=1S/C17H24N4O3S/c1-11-9-13(10-14(12(11)2)25(22,23)21(3)4)15-19-16(20-24-15)17(18)7-5-6-8-17/h9-10H,5-8,18H2,1-4H3. The largest absolute Gasteiger partial charge is 0.334 e. The summed E-state index contributed by atoms with van der Waals surface area (Å²) in [7, 11) is -0.535. The van der Waals surface area contributed by atoms with E-state index in [-0.39, 0.29) is 4.90 Å². The number of rotatable bonds is 4. The van der Waals surface area contributed by atoms with Crippen LogP contribution in [0.4, 0.5) is 0 Å². The van der Waals surface area contributed by atoms with Crippen molar-refractivity contribution in [2.75, 3.05) is 14.1 Å². The number of nitrogens with zero attached hydrogens (tertiary/aromatic N) is 3. The third-order valence-electron chi connectivity index (χ3n) is 4.99. The van der Waals surface area contributed by atoms with Gasteiger partial charge in [-0.05, 0) is 49.9 Å². The summed E-state index contributed by atoms with van der Waals surface area (Å²) in [5.74, 6) is 0.792. The van der Waals surface area contributed by atoms with Crippen molar-refractivity contribution >= 4 is 10.0 Å². The van der Waals surface area contributed by atoms with Gasteiger partial charge in [-0.15, -0.1) is 0 Å². The maximum atomic E-state index is 12.6. The fourth-order valence-electron chi connectivity index (χ4n) is 3.19. The lowest BCUT2D eigenvalue weighted by molar-refractivity contribution is 0.372. The van der Waals surface area contributed by atoms with E-state index in [1.807, 2.05) is 13.0 Å². The summed E-state index contributed by atoms with van der Waals surface area (Å²) >= 11 is 0. The number of hydrogen-bond acceptors (Lipinski definition) is 6. The van der Waals surface area contributed by atoms with Crippen LogP contribution in [-0.2, 0) is 15.6 Å². The number of benzene rings is 1. The third kappa shape index (κ3) is 3.09. The van der Waals surface area contributed by atoms with Crippen LogP contribution in [0.15, 0.2) is 21.6 Å². The molecule has 136 valence electrons. The highest BCUT2D eigenvalue weighted by Gasteiger charge is 2.36. The molecule has 1 fully saturated rings. The zero-order valence-electron chi connectivity index (χ0n) is 15.0. The molecule has 7 nitrogen and oxygen atoms in total. The van der Waals surface area contributed by atoms with Crippen molar-refractivity contribution in [3.05, 3.63) is 29.1 Å². The van der Waals surface area contributed by atoms with Crippen molar-refractivity contribution in [2.24, 2.45) is 5.73 Å². The molecule has 0 saturated heterocycles. The van der Waals surface area contributed by atoms with Gasteiger partial charge in [0.1, 0.15) is 0 Å². The fraction of sp³-hybridized carbons (Fsp3) is 0.529. The molecule has 1 aliphatic rings. The lowest BCUT2D eigenvalue weighted by Gasteiger charge is -2.17. The van der Waals surface area contributed by atoms with Gasteiger partial charge in [-0.25, -0.2) is 12.7 Å². The van der Waals surface area contributed by atoms with Crippen molar-refractivity contribution in [1.82, 2.24) is 14.4 Å². The topological polar surface area (TPSA) is 102 Å². The van der Waals surface area contributed by atoms with Crippen LogP contribution >= 0.6 is 0 Å². The molecule has 0 aliphatic heterocycles. The highest BCUT2D eigenvalue weighted by molar-refractivity contribution is 7.89. The molecule has 25 heavy (non-hydrogen) atoms. The number of aryl methyl sites for hydroxylation is 1. The molecule has 2 aromatic rings. The predicted molar refractivity (Wildman–Crippen MR) is 94.4 cm³/mol. The van der Waals surface area contributed by atoms with Crippen LogP contribution in [0.2, 0.25) is 0 Å². The molecular formula is C17H24N4O3S. The highest BCUT2D eigenvalue weighted by atomic mass is 32.2. The summed E-state index contributed by atoms with van der Waals surface area (Å²) in [6, 6.07) is 3.45. The van der Waals surface area contributed by atoms with E-state index in [4.69, 9.17) is 10.3 Å². The summed E-state index contributed by atoms with van der Waals surface area (Å²) in [5.41, 5.74) is 7.98. The van der Waals surface area contributed by atoms with Crippen molar-refractivity contribution in [2.45, 2.75) is 50.0 Å². The van der Waals surface area contributed by atoms with E-state index in [1.165, 1.54) is 18.4 Å². The van der Waals surface area contributed by atoms with Crippen LogP contribution in [0.5, 0.6) is 0 Å². The van der Waals surface area contributed by atoms with E-state index in [9.17, 15) is 8.42 Å². The van der Waals surface area contributed by atoms with E-state index < -0.39 is 15.6 Å². The molecule has 3 rings (SSSR count). The minimum absolute atomic E-state index is 0.246. The Morgan fingerprint density at radius 1 is 1.20 bits per heavy atom. The zero-order chi connectivity index (χ0) is 18.4. The summed E-state index contributed by atoms with van der Waals surface area (Å²) in [5, 5.41) is 4.05. The quantitative estimate of drug-likeness (QED) is 0.893. The maximum Gasteiger partial charge on any atom is 0.258 e. The summed E-state index contributed by atoms with van der Waals surface area (Å²) in [6.07, 6.45) is 3.77. The lowest BCUT2D eigenvalue weighted by Crippen LogP contribution is -2.34. The highest BCUT2D eigenvalue weighted by Crippen LogP contribution is 2.36. The Hall–Kier alpha value is -1.77. The van der Waals surface area contributed by atoms with Gasteiger partial charge in [0.25, 0.3) is 5.89 Å². The normalized spacial score (nSPS) is 17.4. The molecule has 0 spiro atoms. The molecule has 1 heterocycles. The first-order valence-electron chi connectivity index (χ1n) is 8.32. The molecule has 0 amide bonds. The monoisotopic (exact) mass is 364 g/mol. The number of sulfonamides is 1. The number of hydrogen-bond donors (Lipinski definition) is 1. The van der Waals surface area contributed by atoms with Crippen LogP contribution in [-0.4, -0.2) is 37.0 Å². The van der Waals surface area contributed by atoms with Crippen molar-refractivity contribution in [1.29, 1.82) is 0 Å². The van der Waals surface area contributed by atoms with Gasteiger partial charge in [0.05, 0.1) is 10.4 Å². The van der Waals surface area contributed by atoms with Crippen LogP contribution in [0.3, 0.4) is 0 Å². The van der Waals surface area contributed by atoms with Gasteiger partial charge in [0.15, 0.2) is 5.82 Å². The second kappa shape index (κ2) is 6.19. The molecule has 1 aromatic carbocycles. The third-order valence-corrected chi connectivity index (χ3v) is 6.93. The zero-order valence-corrected chi connectivity index (χ0v) is 15.9. The van der Waals surface area contributed by atoms with E-state index in [0.29, 0.717) is 22.8 Å². The van der Waals surface area contributed by atoms with Gasteiger partial charge >= 0.3 is 0 Å². The van der Waals surface area contributed by atoms with Crippen LogP contribution < -0.4 is 5.73 Å². The average Bonchev–Trinajstić information content (AvgIpc) is 3.19. The molecule has 0 bridgehead atoms. The Balaban J connectivity index is 2.07. The molecule has 0 radical (unpaired) electrons. The smallest absolute Gasteiger partial charge is 0.258 e. The molecule has 2 N–H and O–H groups in total. The van der Waals surface area contributed by atoms with E-state index in [0.717, 1.165) is 31.2 Å². The molecular weight excluding hydrogens is 340 g/mol. The summed E-state index contributed by atoms with van der Waals surface area (Å²) < 4.78 is 31.8. The van der Waals surface area contributed by atoms with Gasteiger partial charge < -0.3 is 10.3 Å². The first-order chi connectivity index (χ1) is 11.6. The van der Waals surface area contributed by atoms with Crippen LogP contribution in [0.1, 0.15) is 42.6 Å². The average molecular weight is 364 g/mol. The Kier molecular flexibility index (Phi) is 4.47. The maximum absolute atomic E-state index is 12.6. The van der Waals surface area contributed by atoms with Crippen LogP contribution in [0, 0.1) is 13.8 Å². The van der Waals surface area contributed by atoms with Crippen molar-refractivity contribution in [3.8, 4) is 11.5 Å². The fourth-order valence-corrected chi connectivity index (χ4v) is 4.40. The number of nitrogens with two attached hydrogens (primary N) is 1. The minimum atomic E-state index is -3.56. The molecule has 8 heteroatoms. The van der Waals surface area contributed by atoms with Gasteiger partial charge in [-0.2, -0.15) is 4.98 Å². The first kappa shape index (κ1) is 18.0. The molecule has 0 unspecified atom stereocenters. The van der Waals surface area contributed by atoms with Crippen molar-refractivity contribution < 1.29 is 12.9 Å². The lowest BCUT2D eigenvalue weighted by atomic mass is 9.98. The Morgan fingerprint density at radius 2 is 1.84 bits per heavy atom. The van der Waals surface area contributed by atoms with Crippen molar-refractivity contribution in [3.63, 3.8) is 0 Å². The minimum Gasteiger partial charge on any atom is -0.334 e. The molecule has 1 aromatic heterocycles. The van der Waals surface area contributed by atoms with E-state index in [2.05, 4.69) is 10.1 Å². The second-order valence-electron chi connectivity index (χ2n) is 6.99.